The van der Waals surface area contributed by atoms with Crippen molar-refractivity contribution in [2.45, 2.75) is 12.3 Å². The van der Waals surface area contributed by atoms with E-state index in [9.17, 15) is 22.8 Å². The Morgan fingerprint density at radius 1 is 1.07 bits per heavy atom. The molecule has 0 spiro atoms. The third-order valence-corrected chi connectivity index (χ3v) is 4.00. The molecule has 0 unspecified atom stereocenters. The number of aromatic nitrogens is 1. The molecule has 1 aliphatic rings. The number of ether oxygens (including phenoxy) is 2. The molecule has 1 amide bonds. The highest BCUT2D eigenvalue weighted by atomic mass is 19.4. The Kier molecular flexibility index (Phi) is 5.02. The highest BCUT2D eigenvalue weighted by Crippen LogP contribution is 2.29. The molecular weight excluding hydrogens is 365 g/mol. The van der Waals surface area contributed by atoms with Gasteiger partial charge in [0.25, 0.3) is 5.91 Å². The SMILES string of the molecule is COC(=O)c1ccccc1C(=O)N1CC(Oc2cccc(C(F)(F)F)n2)C1. The number of methoxy groups -OCH3 is 1. The predicted octanol–water partition coefficient (Wildman–Crippen LogP) is 2.79. The average molecular weight is 380 g/mol. The quantitative estimate of drug-likeness (QED) is 0.763. The maximum Gasteiger partial charge on any atom is 0.433 e. The zero-order valence-electron chi connectivity index (χ0n) is 14.2. The largest absolute Gasteiger partial charge is 0.471 e. The number of rotatable bonds is 4. The van der Waals surface area contributed by atoms with Crippen molar-refractivity contribution in [2.24, 2.45) is 0 Å². The smallest absolute Gasteiger partial charge is 0.433 e. The van der Waals surface area contributed by atoms with Gasteiger partial charge in [0.05, 0.1) is 31.3 Å². The average Bonchev–Trinajstić information content (AvgIpc) is 2.62. The number of carbonyl (C=O) groups is 2. The van der Waals surface area contributed by atoms with Crippen molar-refractivity contribution in [3.05, 3.63) is 59.3 Å². The lowest BCUT2D eigenvalue weighted by atomic mass is 10.0. The number of amides is 1. The first-order chi connectivity index (χ1) is 12.8. The van der Waals surface area contributed by atoms with Crippen LogP contribution in [0.15, 0.2) is 42.5 Å². The Morgan fingerprint density at radius 3 is 2.37 bits per heavy atom. The maximum atomic E-state index is 12.7. The van der Waals surface area contributed by atoms with Crippen LogP contribution in [0.1, 0.15) is 26.4 Å². The zero-order chi connectivity index (χ0) is 19.6. The van der Waals surface area contributed by atoms with E-state index in [4.69, 9.17) is 4.74 Å². The minimum absolute atomic E-state index is 0.147. The second-order valence-electron chi connectivity index (χ2n) is 5.85. The molecule has 27 heavy (non-hydrogen) atoms. The van der Waals surface area contributed by atoms with Gasteiger partial charge in [0, 0.05) is 6.07 Å². The minimum Gasteiger partial charge on any atom is -0.471 e. The lowest BCUT2D eigenvalue weighted by Crippen LogP contribution is -2.56. The van der Waals surface area contributed by atoms with Crippen LogP contribution in [0.4, 0.5) is 13.2 Å². The van der Waals surface area contributed by atoms with E-state index in [1.165, 1.54) is 36.3 Å². The van der Waals surface area contributed by atoms with E-state index in [2.05, 4.69) is 9.72 Å². The molecule has 1 fully saturated rings. The monoisotopic (exact) mass is 380 g/mol. The van der Waals surface area contributed by atoms with Gasteiger partial charge in [0.2, 0.25) is 5.88 Å². The summed E-state index contributed by atoms with van der Waals surface area (Å²) in [6, 6.07) is 9.62. The number of hydrogen-bond donors (Lipinski definition) is 0. The second-order valence-corrected chi connectivity index (χ2v) is 5.85. The van der Waals surface area contributed by atoms with Gasteiger partial charge in [-0.25, -0.2) is 9.78 Å². The van der Waals surface area contributed by atoms with Gasteiger partial charge in [-0.2, -0.15) is 13.2 Å². The Balaban J connectivity index is 1.64. The highest BCUT2D eigenvalue weighted by Gasteiger charge is 2.36. The molecule has 3 rings (SSSR count). The number of carbonyl (C=O) groups excluding carboxylic acids is 2. The maximum absolute atomic E-state index is 12.7. The molecule has 0 saturated carbocycles. The topological polar surface area (TPSA) is 68.7 Å². The summed E-state index contributed by atoms with van der Waals surface area (Å²) < 4.78 is 48.1. The van der Waals surface area contributed by atoms with Crippen LogP contribution in [0.25, 0.3) is 0 Å². The molecule has 0 atom stereocenters. The summed E-state index contributed by atoms with van der Waals surface area (Å²) in [5, 5.41) is 0. The van der Waals surface area contributed by atoms with E-state index in [0.29, 0.717) is 0 Å². The first kappa shape index (κ1) is 18.7. The van der Waals surface area contributed by atoms with Crippen LogP contribution in [-0.2, 0) is 10.9 Å². The summed E-state index contributed by atoms with van der Waals surface area (Å²) in [5.74, 6) is -1.16. The fourth-order valence-electron chi connectivity index (χ4n) is 2.62. The molecule has 142 valence electrons. The number of halogens is 3. The molecule has 0 N–H and O–H groups in total. The molecule has 1 aliphatic heterocycles. The molecule has 0 bridgehead atoms. The number of esters is 1. The number of hydrogen-bond acceptors (Lipinski definition) is 5. The summed E-state index contributed by atoms with van der Waals surface area (Å²) >= 11 is 0. The van der Waals surface area contributed by atoms with Gasteiger partial charge < -0.3 is 14.4 Å². The van der Waals surface area contributed by atoms with Crippen LogP contribution in [0.3, 0.4) is 0 Å². The number of alkyl halides is 3. The molecule has 2 aromatic rings. The Labute approximate surface area is 152 Å². The minimum atomic E-state index is -4.56. The van der Waals surface area contributed by atoms with E-state index in [0.717, 1.165) is 6.07 Å². The molecular formula is C18H15F3N2O4. The van der Waals surface area contributed by atoms with Gasteiger partial charge in [-0.3, -0.25) is 4.79 Å². The second kappa shape index (κ2) is 7.26. The van der Waals surface area contributed by atoms with E-state index in [1.54, 1.807) is 12.1 Å². The third-order valence-electron chi connectivity index (χ3n) is 4.00. The number of pyridine rings is 1. The third kappa shape index (κ3) is 4.02. The first-order valence-corrected chi connectivity index (χ1v) is 7.97. The van der Waals surface area contributed by atoms with Crippen molar-refractivity contribution >= 4 is 11.9 Å². The van der Waals surface area contributed by atoms with E-state index in [1.807, 2.05) is 0 Å². The Hall–Kier alpha value is -3.10. The van der Waals surface area contributed by atoms with Gasteiger partial charge in [-0.15, -0.1) is 0 Å². The number of benzene rings is 1. The lowest BCUT2D eigenvalue weighted by Gasteiger charge is -2.38. The first-order valence-electron chi connectivity index (χ1n) is 7.97. The predicted molar refractivity (Wildman–Crippen MR) is 87.3 cm³/mol. The summed E-state index contributed by atoms with van der Waals surface area (Å²) in [6.07, 6.45) is -5.03. The normalized spacial score (nSPS) is 14.4. The van der Waals surface area contributed by atoms with Crippen molar-refractivity contribution in [1.82, 2.24) is 9.88 Å². The van der Waals surface area contributed by atoms with Crippen molar-refractivity contribution in [1.29, 1.82) is 0 Å². The van der Waals surface area contributed by atoms with Crippen LogP contribution in [0.2, 0.25) is 0 Å². The van der Waals surface area contributed by atoms with Crippen LogP contribution < -0.4 is 4.74 Å². The van der Waals surface area contributed by atoms with E-state index in [-0.39, 0.29) is 36.0 Å². The molecule has 1 aromatic heterocycles. The van der Waals surface area contributed by atoms with Crippen LogP contribution in [0, 0.1) is 0 Å². The molecule has 1 aromatic carbocycles. The zero-order valence-corrected chi connectivity index (χ0v) is 14.2. The summed E-state index contributed by atoms with van der Waals surface area (Å²) in [5.41, 5.74) is -0.701. The van der Waals surface area contributed by atoms with Crippen molar-refractivity contribution < 1.29 is 32.2 Å². The van der Waals surface area contributed by atoms with Gasteiger partial charge in [0.15, 0.2) is 0 Å². The van der Waals surface area contributed by atoms with Crippen molar-refractivity contribution in [3.8, 4) is 5.88 Å². The van der Waals surface area contributed by atoms with E-state index >= 15 is 0 Å². The van der Waals surface area contributed by atoms with Gasteiger partial charge >= 0.3 is 12.1 Å². The highest BCUT2D eigenvalue weighted by molar-refractivity contribution is 6.05. The van der Waals surface area contributed by atoms with Crippen LogP contribution in [-0.4, -0.2) is 48.1 Å². The Bertz CT molecular complexity index is 864. The molecule has 1 saturated heterocycles. The fraction of sp³-hybridized carbons (Fsp3) is 0.278. The molecule has 2 heterocycles. The van der Waals surface area contributed by atoms with Gasteiger partial charge in [0.1, 0.15) is 11.8 Å². The molecule has 0 aliphatic carbocycles. The molecule has 9 heteroatoms. The number of likely N-dealkylation sites (tertiary alicyclic amines) is 1. The summed E-state index contributed by atoms with van der Waals surface area (Å²) in [6.45, 7) is 0.346. The molecule has 6 nitrogen and oxygen atoms in total. The van der Waals surface area contributed by atoms with E-state index < -0.39 is 23.9 Å². The van der Waals surface area contributed by atoms with Gasteiger partial charge in [-0.1, -0.05) is 18.2 Å². The summed E-state index contributed by atoms with van der Waals surface area (Å²) in [7, 11) is 1.22. The fourth-order valence-corrected chi connectivity index (χ4v) is 2.62. The summed E-state index contributed by atoms with van der Waals surface area (Å²) in [4.78, 5) is 29.2. The Morgan fingerprint density at radius 2 is 1.74 bits per heavy atom. The molecule has 0 radical (unpaired) electrons. The standard InChI is InChI=1S/C18H15F3N2O4/c1-26-17(25)13-6-3-2-5-12(13)16(24)23-9-11(10-23)27-15-8-4-7-14(22-15)18(19,20)21/h2-8,11H,9-10H2,1H3. The van der Waals surface area contributed by atoms with Crippen molar-refractivity contribution in [3.63, 3.8) is 0 Å². The van der Waals surface area contributed by atoms with Crippen LogP contribution >= 0.6 is 0 Å². The van der Waals surface area contributed by atoms with Crippen LogP contribution in [0.5, 0.6) is 5.88 Å². The lowest BCUT2D eigenvalue weighted by molar-refractivity contribution is -0.141. The van der Waals surface area contributed by atoms with Gasteiger partial charge in [-0.05, 0) is 18.2 Å². The number of nitrogens with zero attached hydrogens (tertiary/aromatic N) is 2. The van der Waals surface area contributed by atoms with Crippen molar-refractivity contribution in [2.75, 3.05) is 20.2 Å².